The zero-order valence-corrected chi connectivity index (χ0v) is 10.9. The van der Waals surface area contributed by atoms with Crippen LogP contribution >= 0.6 is 15.9 Å². The SMILES string of the molecule is CCN(CCCBr)CCCC(C)C. The molecule has 1 nitrogen and oxygen atoms in total. The van der Waals surface area contributed by atoms with Gasteiger partial charge < -0.3 is 4.90 Å². The summed E-state index contributed by atoms with van der Waals surface area (Å²) in [4.78, 5) is 2.55. The fourth-order valence-corrected chi connectivity index (χ4v) is 1.69. The third-order valence-electron chi connectivity index (χ3n) is 2.31. The maximum atomic E-state index is 3.47. The second-order valence-corrected chi connectivity index (χ2v) is 4.81. The zero-order chi connectivity index (χ0) is 10.1. The van der Waals surface area contributed by atoms with Crippen LogP contribution in [0.3, 0.4) is 0 Å². The van der Waals surface area contributed by atoms with Crippen molar-refractivity contribution in [2.75, 3.05) is 25.0 Å². The predicted octanol–water partition coefficient (Wildman–Crippen LogP) is 3.53. The van der Waals surface area contributed by atoms with Gasteiger partial charge in [-0.15, -0.1) is 0 Å². The predicted molar refractivity (Wildman–Crippen MR) is 64.6 cm³/mol. The smallest absolute Gasteiger partial charge is 0.00434 e. The topological polar surface area (TPSA) is 3.24 Å². The van der Waals surface area contributed by atoms with Gasteiger partial charge in [0.15, 0.2) is 0 Å². The molecule has 0 bridgehead atoms. The van der Waals surface area contributed by atoms with Gasteiger partial charge in [-0.3, -0.25) is 0 Å². The van der Waals surface area contributed by atoms with Crippen molar-refractivity contribution in [1.29, 1.82) is 0 Å². The van der Waals surface area contributed by atoms with E-state index in [0.29, 0.717) is 0 Å². The molecule has 0 radical (unpaired) electrons. The van der Waals surface area contributed by atoms with Crippen LogP contribution < -0.4 is 0 Å². The molecule has 0 unspecified atom stereocenters. The van der Waals surface area contributed by atoms with Gasteiger partial charge in [-0.1, -0.05) is 36.7 Å². The summed E-state index contributed by atoms with van der Waals surface area (Å²) in [5.74, 6) is 0.856. The molecule has 0 aliphatic heterocycles. The molecule has 0 saturated carbocycles. The standard InChI is InChI=1S/C11H24BrN/c1-4-13(10-6-8-12)9-5-7-11(2)3/h11H,4-10H2,1-3H3. The zero-order valence-electron chi connectivity index (χ0n) is 9.35. The summed E-state index contributed by atoms with van der Waals surface area (Å²) < 4.78 is 0. The summed E-state index contributed by atoms with van der Waals surface area (Å²) in [7, 11) is 0. The lowest BCUT2D eigenvalue weighted by atomic mass is 10.1. The van der Waals surface area contributed by atoms with E-state index < -0.39 is 0 Å². The number of rotatable bonds is 8. The Labute approximate surface area is 92.0 Å². The molecular weight excluding hydrogens is 226 g/mol. The summed E-state index contributed by atoms with van der Waals surface area (Å²) in [5, 5.41) is 1.13. The first kappa shape index (κ1) is 13.4. The molecule has 0 rings (SSSR count). The molecule has 0 spiro atoms. The number of halogens is 1. The highest BCUT2D eigenvalue weighted by molar-refractivity contribution is 9.09. The van der Waals surface area contributed by atoms with Crippen molar-refractivity contribution in [1.82, 2.24) is 4.90 Å². The Bertz CT molecular complexity index is 104. The Morgan fingerprint density at radius 1 is 1.15 bits per heavy atom. The van der Waals surface area contributed by atoms with Crippen molar-refractivity contribution in [2.45, 2.75) is 40.0 Å². The molecule has 0 aliphatic rings. The lowest BCUT2D eigenvalue weighted by Crippen LogP contribution is -2.26. The minimum atomic E-state index is 0.856. The van der Waals surface area contributed by atoms with Crippen LogP contribution in [-0.4, -0.2) is 29.9 Å². The molecule has 0 fully saturated rings. The van der Waals surface area contributed by atoms with Gasteiger partial charge in [0.25, 0.3) is 0 Å². The monoisotopic (exact) mass is 249 g/mol. The second-order valence-electron chi connectivity index (χ2n) is 4.01. The minimum Gasteiger partial charge on any atom is -0.304 e. The van der Waals surface area contributed by atoms with Gasteiger partial charge in [0.05, 0.1) is 0 Å². The Balaban J connectivity index is 3.36. The highest BCUT2D eigenvalue weighted by Gasteiger charge is 2.01. The first-order valence-corrected chi connectivity index (χ1v) is 6.61. The molecule has 0 atom stereocenters. The first-order chi connectivity index (χ1) is 6.20. The minimum absolute atomic E-state index is 0.856. The van der Waals surface area contributed by atoms with Gasteiger partial charge in [-0.05, 0) is 44.8 Å². The quantitative estimate of drug-likeness (QED) is 0.596. The molecular formula is C11H24BrN. The van der Waals surface area contributed by atoms with Crippen molar-refractivity contribution < 1.29 is 0 Å². The molecule has 0 aromatic heterocycles. The van der Waals surface area contributed by atoms with E-state index in [-0.39, 0.29) is 0 Å². The Morgan fingerprint density at radius 3 is 2.23 bits per heavy atom. The van der Waals surface area contributed by atoms with Crippen molar-refractivity contribution in [3.63, 3.8) is 0 Å². The summed E-state index contributed by atoms with van der Waals surface area (Å²) in [6, 6.07) is 0. The van der Waals surface area contributed by atoms with Gasteiger partial charge in [0.2, 0.25) is 0 Å². The molecule has 0 saturated heterocycles. The lowest BCUT2D eigenvalue weighted by Gasteiger charge is -2.20. The van der Waals surface area contributed by atoms with E-state index in [9.17, 15) is 0 Å². The van der Waals surface area contributed by atoms with E-state index >= 15 is 0 Å². The van der Waals surface area contributed by atoms with Gasteiger partial charge in [0.1, 0.15) is 0 Å². The van der Waals surface area contributed by atoms with Crippen LogP contribution in [0.5, 0.6) is 0 Å². The van der Waals surface area contributed by atoms with E-state index in [4.69, 9.17) is 0 Å². The van der Waals surface area contributed by atoms with Gasteiger partial charge in [-0.25, -0.2) is 0 Å². The number of alkyl halides is 1. The molecule has 2 heteroatoms. The Morgan fingerprint density at radius 2 is 1.77 bits per heavy atom. The first-order valence-electron chi connectivity index (χ1n) is 5.49. The maximum Gasteiger partial charge on any atom is 0.00434 e. The van der Waals surface area contributed by atoms with Gasteiger partial charge in [0, 0.05) is 5.33 Å². The van der Waals surface area contributed by atoms with Crippen LogP contribution in [0, 0.1) is 5.92 Å². The molecule has 0 aromatic carbocycles. The largest absolute Gasteiger partial charge is 0.304 e. The molecule has 0 amide bonds. The van der Waals surface area contributed by atoms with E-state index in [0.717, 1.165) is 11.2 Å². The van der Waals surface area contributed by atoms with Crippen LogP contribution in [0.4, 0.5) is 0 Å². The van der Waals surface area contributed by atoms with Crippen molar-refractivity contribution in [2.24, 2.45) is 5.92 Å². The summed E-state index contributed by atoms with van der Waals surface area (Å²) >= 11 is 3.47. The van der Waals surface area contributed by atoms with E-state index in [1.165, 1.54) is 38.9 Å². The van der Waals surface area contributed by atoms with Crippen LogP contribution in [0.25, 0.3) is 0 Å². The average Bonchev–Trinajstić information content (AvgIpc) is 2.10. The third-order valence-corrected chi connectivity index (χ3v) is 2.87. The van der Waals surface area contributed by atoms with Crippen LogP contribution in [0.15, 0.2) is 0 Å². The van der Waals surface area contributed by atoms with Crippen molar-refractivity contribution in [3.05, 3.63) is 0 Å². The van der Waals surface area contributed by atoms with E-state index in [2.05, 4.69) is 41.6 Å². The highest BCUT2D eigenvalue weighted by atomic mass is 79.9. The Kier molecular flexibility index (Phi) is 9.32. The van der Waals surface area contributed by atoms with E-state index in [1.54, 1.807) is 0 Å². The van der Waals surface area contributed by atoms with Crippen LogP contribution in [0.1, 0.15) is 40.0 Å². The fourth-order valence-electron chi connectivity index (χ4n) is 1.43. The summed E-state index contributed by atoms with van der Waals surface area (Å²) in [5.41, 5.74) is 0. The summed E-state index contributed by atoms with van der Waals surface area (Å²) in [6.07, 6.45) is 3.99. The normalized spacial score (nSPS) is 11.5. The van der Waals surface area contributed by atoms with Gasteiger partial charge >= 0.3 is 0 Å². The Hall–Kier alpha value is 0.440. The van der Waals surface area contributed by atoms with Gasteiger partial charge in [-0.2, -0.15) is 0 Å². The second kappa shape index (κ2) is 9.01. The molecule has 13 heavy (non-hydrogen) atoms. The summed E-state index contributed by atoms with van der Waals surface area (Å²) in [6.45, 7) is 10.6. The maximum absolute atomic E-state index is 3.47. The fraction of sp³-hybridized carbons (Fsp3) is 1.00. The molecule has 0 heterocycles. The van der Waals surface area contributed by atoms with E-state index in [1.807, 2.05) is 0 Å². The molecule has 0 aliphatic carbocycles. The van der Waals surface area contributed by atoms with Crippen molar-refractivity contribution >= 4 is 15.9 Å². The lowest BCUT2D eigenvalue weighted by molar-refractivity contribution is 0.278. The number of hydrogen-bond acceptors (Lipinski definition) is 1. The van der Waals surface area contributed by atoms with Crippen LogP contribution in [0.2, 0.25) is 0 Å². The highest BCUT2D eigenvalue weighted by Crippen LogP contribution is 2.05. The van der Waals surface area contributed by atoms with Crippen molar-refractivity contribution in [3.8, 4) is 0 Å². The third kappa shape index (κ3) is 8.76. The van der Waals surface area contributed by atoms with Crippen LogP contribution in [-0.2, 0) is 0 Å². The number of hydrogen-bond donors (Lipinski definition) is 0. The number of nitrogens with zero attached hydrogens (tertiary/aromatic N) is 1. The molecule has 0 aromatic rings. The molecule has 0 N–H and O–H groups in total. The molecule has 80 valence electrons. The average molecular weight is 250 g/mol.